The molecule has 0 fully saturated rings. The van der Waals surface area contributed by atoms with Gasteiger partial charge >= 0.3 is 0 Å². The molecule has 21 heavy (non-hydrogen) atoms. The summed E-state index contributed by atoms with van der Waals surface area (Å²) in [6.07, 6.45) is 2.12. The summed E-state index contributed by atoms with van der Waals surface area (Å²) in [5.41, 5.74) is 5.17. The molecule has 3 aromatic carbocycles. The Bertz CT molecular complexity index is 698. The molecule has 3 rings (SSSR count). The number of methoxy groups -OCH3 is 2. The van der Waals surface area contributed by atoms with Gasteiger partial charge in [-0.15, -0.1) is 0 Å². The van der Waals surface area contributed by atoms with E-state index in [0.29, 0.717) is 0 Å². The van der Waals surface area contributed by atoms with E-state index in [0.717, 1.165) is 11.5 Å². The minimum atomic E-state index is 0.886. The van der Waals surface area contributed by atoms with E-state index < -0.39 is 0 Å². The third kappa shape index (κ3) is 2.57. The number of ether oxygens (including phenoxy) is 2. The van der Waals surface area contributed by atoms with Gasteiger partial charge in [-0.2, -0.15) is 0 Å². The maximum absolute atomic E-state index is 5.22. The molecule has 0 saturated carbocycles. The Labute approximate surface area is 128 Å². The second-order valence-electron chi connectivity index (χ2n) is 4.74. The lowest BCUT2D eigenvalue weighted by Gasteiger charge is -2.00. The van der Waals surface area contributed by atoms with Gasteiger partial charge in [0.25, 0.3) is 0 Å². The van der Waals surface area contributed by atoms with E-state index in [9.17, 15) is 0 Å². The zero-order valence-corrected chi connectivity index (χ0v) is 13.2. The molecule has 0 heterocycles. The SMILES string of the molecule is COc1ccc(-c2c(-c3ccc(OC)cc3)c2=[S+]C)cc1. The Balaban J connectivity index is 1.97. The molecule has 0 aliphatic heterocycles. The molecule has 0 bridgehead atoms. The van der Waals surface area contributed by atoms with Crippen LogP contribution in [0.3, 0.4) is 0 Å². The smallest absolute Gasteiger partial charge is 0.241 e. The third-order valence-electron chi connectivity index (χ3n) is 3.60. The van der Waals surface area contributed by atoms with Crippen molar-refractivity contribution < 1.29 is 9.47 Å². The van der Waals surface area contributed by atoms with Gasteiger partial charge in [-0.1, -0.05) is 24.3 Å². The van der Waals surface area contributed by atoms with Crippen LogP contribution in [-0.4, -0.2) is 20.5 Å². The monoisotopic (exact) mass is 297 g/mol. The fraction of sp³-hybridized carbons (Fsp3) is 0.167. The van der Waals surface area contributed by atoms with Crippen molar-refractivity contribution in [3.8, 4) is 33.8 Å². The van der Waals surface area contributed by atoms with Gasteiger partial charge in [0.1, 0.15) is 11.5 Å². The van der Waals surface area contributed by atoms with Crippen molar-refractivity contribution in [2.75, 3.05) is 20.5 Å². The predicted molar refractivity (Wildman–Crippen MR) is 89.3 cm³/mol. The van der Waals surface area contributed by atoms with Crippen LogP contribution in [0.25, 0.3) is 22.3 Å². The van der Waals surface area contributed by atoms with Crippen molar-refractivity contribution >= 4 is 11.4 Å². The van der Waals surface area contributed by atoms with Crippen LogP contribution < -0.4 is 9.47 Å². The molecule has 0 saturated heterocycles. The van der Waals surface area contributed by atoms with Crippen LogP contribution in [0, 0.1) is 4.51 Å². The standard InChI is InChI=1S/C18H17O2S/c1-19-14-8-4-12(5-9-14)16-17(18(16)21-3)13-6-10-15(20-2)11-7-13/h4-11H,1-3H3/q+1. The van der Waals surface area contributed by atoms with E-state index in [1.165, 1.54) is 26.8 Å². The molecule has 0 aliphatic carbocycles. The van der Waals surface area contributed by atoms with E-state index in [1.54, 1.807) is 25.6 Å². The highest BCUT2D eigenvalue weighted by molar-refractivity contribution is 7.69. The highest BCUT2D eigenvalue weighted by atomic mass is 32.1. The summed E-state index contributed by atoms with van der Waals surface area (Å²) in [4.78, 5) is 0. The van der Waals surface area contributed by atoms with Gasteiger partial charge in [0.2, 0.25) is 4.51 Å². The van der Waals surface area contributed by atoms with Crippen molar-refractivity contribution in [3.05, 3.63) is 53.0 Å². The number of hydrogen-bond acceptors (Lipinski definition) is 2. The molecular weight excluding hydrogens is 280 g/mol. The average Bonchev–Trinajstić information content (AvgIpc) is 3.29. The van der Waals surface area contributed by atoms with Crippen LogP contribution in [0.1, 0.15) is 0 Å². The van der Waals surface area contributed by atoms with Gasteiger partial charge in [0.15, 0.2) is 17.6 Å². The predicted octanol–water partition coefficient (Wildman–Crippen LogP) is 4.16. The summed E-state index contributed by atoms with van der Waals surface area (Å²) in [6, 6.07) is 16.5. The summed E-state index contributed by atoms with van der Waals surface area (Å²) in [5, 5.41) is 0. The lowest BCUT2D eigenvalue weighted by molar-refractivity contribution is 0.415. The normalized spacial score (nSPS) is 10.6. The summed E-state index contributed by atoms with van der Waals surface area (Å²) >= 11 is 1.80. The number of benzene rings is 2. The fourth-order valence-electron chi connectivity index (χ4n) is 2.44. The quantitative estimate of drug-likeness (QED) is 0.532. The molecule has 3 aromatic rings. The molecule has 0 radical (unpaired) electrons. The molecule has 0 aliphatic rings. The highest BCUT2D eigenvalue weighted by Gasteiger charge is 2.29. The van der Waals surface area contributed by atoms with Gasteiger partial charge in [0.05, 0.1) is 25.3 Å². The first kappa shape index (κ1) is 13.8. The Kier molecular flexibility index (Phi) is 3.76. The second kappa shape index (κ2) is 5.70. The van der Waals surface area contributed by atoms with Crippen molar-refractivity contribution in [1.82, 2.24) is 0 Å². The average molecular weight is 297 g/mol. The van der Waals surface area contributed by atoms with Crippen LogP contribution in [0.15, 0.2) is 48.5 Å². The summed E-state index contributed by atoms with van der Waals surface area (Å²) in [5.74, 6) is 1.77. The minimum Gasteiger partial charge on any atom is -0.497 e. The van der Waals surface area contributed by atoms with Crippen molar-refractivity contribution in [3.63, 3.8) is 0 Å². The zero-order valence-electron chi connectivity index (χ0n) is 12.3. The molecule has 0 atom stereocenters. The summed E-state index contributed by atoms with van der Waals surface area (Å²) in [6.45, 7) is 0. The van der Waals surface area contributed by atoms with E-state index in [4.69, 9.17) is 9.47 Å². The van der Waals surface area contributed by atoms with Gasteiger partial charge in [0, 0.05) is 0 Å². The zero-order chi connectivity index (χ0) is 14.8. The van der Waals surface area contributed by atoms with Crippen LogP contribution in [0.2, 0.25) is 0 Å². The van der Waals surface area contributed by atoms with E-state index in [2.05, 4.69) is 30.5 Å². The topological polar surface area (TPSA) is 18.5 Å². The molecule has 0 spiro atoms. The Morgan fingerprint density at radius 1 is 0.667 bits per heavy atom. The molecule has 0 unspecified atom stereocenters. The molecule has 0 N–H and O–H groups in total. The first-order valence-corrected chi connectivity index (χ1v) is 7.95. The van der Waals surface area contributed by atoms with E-state index >= 15 is 0 Å². The maximum Gasteiger partial charge on any atom is 0.241 e. The Hall–Kier alpha value is -2.13. The van der Waals surface area contributed by atoms with E-state index in [1.807, 2.05) is 24.3 Å². The highest BCUT2D eigenvalue weighted by Crippen LogP contribution is 2.44. The van der Waals surface area contributed by atoms with Crippen molar-refractivity contribution in [2.24, 2.45) is 0 Å². The van der Waals surface area contributed by atoms with E-state index in [-0.39, 0.29) is 0 Å². The summed E-state index contributed by atoms with van der Waals surface area (Å²) < 4.78 is 11.8. The molecule has 106 valence electrons. The Morgan fingerprint density at radius 3 is 1.33 bits per heavy atom. The first-order chi connectivity index (χ1) is 10.3. The van der Waals surface area contributed by atoms with Gasteiger partial charge in [-0.25, -0.2) is 0 Å². The molecular formula is C18H17O2S+. The lowest BCUT2D eigenvalue weighted by Crippen LogP contribution is -1.81. The van der Waals surface area contributed by atoms with Crippen molar-refractivity contribution in [1.29, 1.82) is 0 Å². The van der Waals surface area contributed by atoms with Crippen LogP contribution in [0.4, 0.5) is 0 Å². The molecule has 3 heteroatoms. The maximum atomic E-state index is 5.22. The number of rotatable bonds is 4. The molecule has 0 amide bonds. The molecule has 2 nitrogen and oxygen atoms in total. The van der Waals surface area contributed by atoms with Gasteiger partial charge < -0.3 is 9.47 Å². The first-order valence-electron chi connectivity index (χ1n) is 6.73. The van der Waals surface area contributed by atoms with Gasteiger partial charge in [-0.05, 0) is 35.4 Å². The Morgan fingerprint density at radius 2 is 1.05 bits per heavy atom. The third-order valence-corrected chi connectivity index (χ3v) is 4.42. The summed E-state index contributed by atoms with van der Waals surface area (Å²) in [7, 11) is 3.38. The fourth-order valence-corrected chi connectivity index (χ4v) is 3.24. The van der Waals surface area contributed by atoms with Crippen molar-refractivity contribution in [2.45, 2.75) is 0 Å². The largest absolute Gasteiger partial charge is 0.497 e. The van der Waals surface area contributed by atoms with Crippen LogP contribution in [-0.2, 0) is 11.4 Å². The second-order valence-corrected chi connectivity index (χ2v) is 5.56. The molecule has 0 aromatic heterocycles. The van der Waals surface area contributed by atoms with Gasteiger partial charge in [-0.3, -0.25) is 0 Å². The van der Waals surface area contributed by atoms with Crippen LogP contribution >= 0.6 is 0 Å². The number of hydrogen-bond donors (Lipinski definition) is 0. The lowest BCUT2D eigenvalue weighted by atomic mass is 10.1. The van der Waals surface area contributed by atoms with Crippen LogP contribution in [0.5, 0.6) is 11.5 Å². The minimum absolute atomic E-state index is 0.886.